The maximum absolute atomic E-state index is 13.9. The second-order valence-electron chi connectivity index (χ2n) is 14.3. The van der Waals surface area contributed by atoms with E-state index in [4.69, 9.17) is 21.1 Å². The molecule has 1 amide bonds. The molecule has 4 bridgehead atoms. The number of esters is 2. The first-order chi connectivity index (χ1) is 21.7. The highest BCUT2D eigenvalue weighted by Gasteiger charge is 2.84. The summed E-state index contributed by atoms with van der Waals surface area (Å²) in [4.78, 5) is 52.4. The number of hydrogen-bond donors (Lipinski definition) is 2. The molecule has 2 heterocycles. The van der Waals surface area contributed by atoms with Gasteiger partial charge in [0.25, 0.3) is 5.91 Å². The smallest absolute Gasteiger partial charge is 0.315 e. The van der Waals surface area contributed by atoms with E-state index in [0.29, 0.717) is 42.0 Å². The van der Waals surface area contributed by atoms with Gasteiger partial charge in [0.2, 0.25) is 0 Å². The summed E-state index contributed by atoms with van der Waals surface area (Å²) in [5.41, 5.74) is -1.55. The summed E-state index contributed by atoms with van der Waals surface area (Å²) in [6, 6.07) is 4.48. The summed E-state index contributed by atoms with van der Waals surface area (Å²) in [6.45, 7) is 11.4. The van der Waals surface area contributed by atoms with Crippen LogP contribution in [0.1, 0.15) is 87.0 Å². The average Bonchev–Trinajstić information content (AvgIpc) is 3.63. The van der Waals surface area contributed by atoms with Gasteiger partial charge in [-0.05, 0) is 79.4 Å². The van der Waals surface area contributed by atoms with Crippen molar-refractivity contribution in [1.29, 1.82) is 0 Å². The first-order valence-corrected chi connectivity index (χ1v) is 16.1. The van der Waals surface area contributed by atoms with Gasteiger partial charge in [0, 0.05) is 29.3 Å². The number of ether oxygens (including phenoxy) is 2. The zero-order valence-corrected chi connectivity index (χ0v) is 27.0. The van der Waals surface area contributed by atoms with E-state index in [1.807, 2.05) is 26.0 Å². The van der Waals surface area contributed by atoms with E-state index in [-0.39, 0.29) is 24.3 Å². The quantitative estimate of drug-likeness (QED) is 0.319. The lowest BCUT2D eigenvalue weighted by Gasteiger charge is -2.45. The van der Waals surface area contributed by atoms with Crippen molar-refractivity contribution in [3.8, 4) is 0 Å². The highest BCUT2D eigenvalue weighted by molar-refractivity contribution is 6.30. The minimum absolute atomic E-state index is 0.0893. The Morgan fingerprint density at radius 1 is 1.30 bits per heavy atom. The topological polar surface area (TPSA) is 150 Å². The van der Waals surface area contributed by atoms with Gasteiger partial charge in [-0.2, -0.15) is 0 Å². The molecular weight excluding hydrogens is 612 g/mol. The molecule has 7 rings (SSSR count). The lowest BCUT2D eigenvalue weighted by Crippen LogP contribution is -2.49. The van der Waals surface area contributed by atoms with Crippen molar-refractivity contribution >= 4 is 35.4 Å². The number of rotatable bonds is 7. The summed E-state index contributed by atoms with van der Waals surface area (Å²) in [5.74, 6) is -4.02. The van der Waals surface area contributed by atoms with Crippen molar-refractivity contribution in [3.05, 3.63) is 70.5 Å². The third-order valence-electron chi connectivity index (χ3n) is 11.6. The maximum Gasteiger partial charge on any atom is 0.315 e. The molecule has 3 saturated carbocycles. The van der Waals surface area contributed by atoms with Gasteiger partial charge in [-0.15, -0.1) is 5.10 Å². The largest absolute Gasteiger partial charge is 0.481 e. The zero-order valence-electron chi connectivity index (χ0n) is 26.2. The normalized spacial score (nSPS) is 36.7. The molecular formula is C34H37ClN4O7. The van der Waals surface area contributed by atoms with E-state index in [1.165, 1.54) is 6.92 Å². The Morgan fingerprint density at radius 2 is 2.07 bits per heavy atom. The number of nitrogens with one attached hydrogen (secondary N) is 1. The van der Waals surface area contributed by atoms with Gasteiger partial charge in [0.15, 0.2) is 0 Å². The second-order valence-corrected chi connectivity index (χ2v) is 14.7. The van der Waals surface area contributed by atoms with Crippen molar-refractivity contribution in [3.63, 3.8) is 0 Å². The SMILES string of the molecule is C=C1C[C@]23C[C@@]1(OC(C)=O)CC[C@H]2[C@@]12C=C[C@H](n4cc(CNC(=O)c5ccc(Cl)cc5C(C)C)nn4)[C@@](C)(C(=O)O1)[C@H]2[C@@H]3C(=O)O. The molecule has 1 spiro atoms. The molecule has 1 saturated heterocycles. The van der Waals surface area contributed by atoms with Crippen molar-refractivity contribution in [2.45, 2.75) is 83.1 Å². The van der Waals surface area contributed by atoms with Gasteiger partial charge in [0.05, 0.1) is 30.1 Å². The molecule has 242 valence electrons. The van der Waals surface area contributed by atoms with Crippen molar-refractivity contribution in [1.82, 2.24) is 20.3 Å². The highest BCUT2D eigenvalue weighted by atomic mass is 35.5. The number of halogens is 1. The van der Waals surface area contributed by atoms with Crippen LogP contribution in [0.25, 0.3) is 0 Å². The van der Waals surface area contributed by atoms with Crippen molar-refractivity contribution < 1.29 is 33.8 Å². The predicted octanol–water partition coefficient (Wildman–Crippen LogP) is 4.78. The molecule has 1 aromatic carbocycles. The number of benzene rings is 1. The number of aromatic nitrogens is 3. The monoisotopic (exact) mass is 648 g/mol. The number of aliphatic carboxylic acids is 1. The second kappa shape index (κ2) is 10.0. The fraction of sp³-hybridized carbons (Fsp3) is 0.529. The van der Waals surface area contributed by atoms with Crippen LogP contribution in [0.4, 0.5) is 0 Å². The molecule has 8 atom stereocenters. The van der Waals surface area contributed by atoms with E-state index >= 15 is 0 Å². The first-order valence-electron chi connectivity index (χ1n) is 15.7. The van der Waals surface area contributed by atoms with Gasteiger partial charge in [-0.3, -0.25) is 19.2 Å². The van der Waals surface area contributed by atoms with Crippen molar-refractivity contribution in [2.75, 3.05) is 0 Å². The lowest BCUT2D eigenvalue weighted by atomic mass is 9.60. The molecule has 4 fully saturated rings. The minimum atomic E-state index is -1.28. The van der Waals surface area contributed by atoms with Gasteiger partial charge < -0.3 is 19.9 Å². The third-order valence-corrected chi connectivity index (χ3v) is 11.8. The predicted molar refractivity (Wildman–Crippen MR) is 164 cm³/mol. The number of nitrogens with zero attached hydrogens (tertiary/aromatic N) is 3. The molecule has 0 radical (unpaired) electrons. The van der Waals surface area contributed by atoms with E-state index in [9.17, 15) is 24.3 Å². The van der Waals surface area contributed by atoms with Gasteiger partial charge >= 0.3 is 17.9 Å². The number of hydrogen-bond acceptors (Lipinski definition) is 8. The number of carbonyl (C=O) groups is 4. The van der Waals surface area contributed by atoms with Crippen LogP contribution in [-0.2, 0) is 30.4 Å². The molecule has 5 aliphatic rings. The number of carboxylic acid groups (broad SMARTS) is 1. The number of amides is 1. The fourth-order valence-electron chi connectivity index (χ4n) is 9.92. The summed E-state index contributed by atoms with van der Waals surface area (Å²) < 4.78 is 13.7. The van der Waals surface area contributed by atoms with E-state index in [1.54, 1.807) is 36.0 Å². The standard InChI is InChI=1S/C34H37ClN4O7/c1-17(2)23-12-20(35)6-7-22(23)28(41)36-14-21-15-39(38-37-21)25-9-11-34-24-8-10-33(45-19(4)40)16-32(24,13-18(33)3)26(29(42)43)27(34)31(25,5)30(44)46-34/h6-7,9,11-12,15,17,24-27H,3,8,10,13-14,16H2,1-2,4-5H3,(H,36,41)(H,42,43)/t24-,25+,26-,27-,31-,32+,33+,34-/m1/s1. The number of carboxylic acids is 1. The van der Waals surface area contributed by atoms with E-state index in [2.05, 4.69) is 22.2 Å². The van der Waals surface area contributed by atoms with Gasteiger partial charge in [-0.25, -0.2) is 4.68 Å². The summed E-state index contributed by atoms with van der Waals surface area (Å²) in [5, 5.41) is 22.9. The van der Waals surface area contributed by atoms with Crippen LogP contribution < -0.4 is 5.32 Å². The average molecular weight is 649 g/mol. The molecule has 2 N–H and O–H groups in total. The van der Waals surface area contributed by atoms with E-state index < -0.39 is 57.8 Å². The Morgan fingerprint density at radius 3 is 2.76 bits per heavy atom. The zero-order chi connectivity index (χ0) is 33.0. The van der Waals surface area contributed by atoms with Crippen LogP contribution in [0.15, 0.2) is 48.7 Å². The summed E-state index contributed by atoms with van der Waals surface area (Å²) in [6.07, 6.45) is 7.18. The van der Waals surface area contributed by atoms with Crippen LogP contribution in [0.5, 0.6) is 0 Å². The minimum Gasteiger partial charge on any atom is -0.481 e. The molecule has 2 aromatic rings. The van der Waals surface area contributed by atoms with Gasteiger partial charge in [-0.1, -0.05) is 43.3 Å². The third kappa shape index (κ3) is 3.96. The molecule has 11 nitrogen and oxygen atoms in total. The number of fused-ring (bicyclic) bond motifs is 1. The van der Waals surface area contributed by atoms with Crippen LogP contribution >= 0.6 is 11.6 Å². The fourth-order valence-corrected chi connectivity index (χ4v) is 10.1. The Labute approximate surface area is 271 Å². The van der Waals surface area contributed by atoms with Crippen LogP contribution in [-0.4, -0.2) is 55.1 Å². The molecule has 0 unspecified atom stereocenters. The first kappa shape index (κ1) is 30.7. The Balaban J connectivity index is 1.19. The Kier molecular flexibility index (Phi) is 6.67. The van der Waals surface area contributed by atoms with Crippen molar-refractivity contribution in [2.24, 2.45) is 28.6 Å². The Hall–Kier alpha value is -3.99. The molecule has 1 aromatic heterocycles. The number of allylic oxidation sites excluding steroid dienone is 1. The van der Waals surface area contributed by atoms with Crippen LogP contribution in [0.2, 0.25) is 5.02 Å². The Bertz CT molecular complexity index is 1750. The van der Waals surface area contributed by atoms with E-state index in [0.717, 1.165) is 11.1 Å². The van der Waals surface area contributed by atoms with Crippen LogP contribution in [0.3, 0.4) is 0 Å². The number of carbonyl (C=O) groups excluding carboxylic acids is 3. The van der Waals surface area contributed by atoms with Gasteiger partial charge in [0.1, 0.15) is 16.9 Å². The van der Waals surface area contributed by atoms with Crippen LogP contribution in [0, 0.1) is 28.6 Å². The lowest BCUT2D eigenvalue weighted by molar-refractivity contribution is -0.167. The summed E-state index contributed by atoms with van der Waals surface area (Å²) in [7, 11) is 0. The molecule has 12 heteroatoms. The molecule has 1 aliphatic heterocycles. The molecule has 4 aliphatic carbocycles. The maximum atomic E-state index is 13.9. The highest BCUT2D eigenvalue weighted by Crippen LogP contribution is 2.78. The molecule has 46 heavy (non-hydrogen) atoms. The summed E-state index contributed by atoms with van der Waals surface area (Å²) >= 11 is 6.16.